The molecule has 0 aliphatic carbocycles. The first-order valence-corrected chi connectivity index (χ1v) is 7.33. The van der Waals surface area contributed by atoms with E-state index in [2.05, 4.69) is 13.0 Å². The number of hydrogen-bond acceptors (Lipinski definition) is 1. The van der Waals surface area contributed by atoms with Gasteiger partial charge in [-0.15, -0.1) is 0 Å². The summed E-state index contributed by atoms with van der Waals surface area (Å²) in [5, 5.41) is 14.1. The summed E-state index contributed by atoms with van der Waals surface area (Å²) in [6.45, 7) is 2.94. The molecular formula is C17H17Cl2NO. The van der Waals surface area contributed by atoms with Gasteiger partial charge in [0.25, 0.3) is 0 Å². The van der Waals surface area contributed by atoms with Crippen molar-refractivity contribution in [1.82, 2.24) is 0 Å². The molecule has 0 aliphatic rings. The first-order valence-electron chi connectivity index (χ1n) is 6.95. The van der Waals surface area contributed by atoms with Crippen LogP contribution in [0.1, 0.15) is 19.8 Å². The topological polar surface area (TPSA) is 24.1 Å². The summed E-state index contributed by atoms with van der Waals surface area (Å²) in [4.78, 5) is 0. The van der Waals surface area contributed by atoms with Gasteiger partial charge in [0.2, 0.25) is 5.52 Å². The maximum Gasteiger partial charge on any atom is 0.375 e. The van der Waals surface area contributed by atoms with E-state index in [9.17, 15) is 5.11 Å². The summed E-state index contributed by atoms with van der Waals surface area (Å²) in [5.74, 6) is 0.262. The van der Waals surface area contributed by atoms with Crippen molar-refractivity contribution in [3.05, 3.63) is 47.5 Å². The van der Waals surface area contributed by atoms with E-state index in [1.165, 1.54) is 0 Å². The molecule has 0 saturated heterocycles. The number of aromatic nitrogens is 1. The van der Waals surface area contributed by atoms with Crippen molar-refractivity contribution in [1.29, 1.82) is 0 Å². The molecule has 0 bridgehead atoms. The van der Waals surface area contributed by atoms with Crippen LogP contribution in [0.2, 0.25) is 5.02 Å². The van der Waals surface area contributed by atoms with Gasteiger partial charge in [-0.2, -0.15) is 4.57 Å². The van der Waals surface area contributed by atoms with Crippen molar-refractivity contribution in [2.45, 2.75) is 26.3 Å². The van der Waals surface area contributed by atoms with Gasteiger partial charge in [-0.1, -0.05) is 49.2 Å². The predicted molar refractivity (Wildman–Crippen MR) is 83.2 cm³/mol. The normalized spacial score (nSPS) is 10.8. The Bertz CT molecular complexity index is 786. The van der Waals surface area contributed by atoms with Crippen molar-refractivity contribution in [3.63, 3.8) is 0 Å². The van der Waals surface area contributed by atoms with Gasteiger partial charge in [-0.3, -0.25) is 0 Å². The van der Waals surface area contributed by atoms with E-state index >= 15 is 0 Å². The highest BCUT2D eigenvalue weighted by atomic mass is 35.5. The van der Waals surface area contributed by atoms with E-state index in [-0.39, 0.29) is 18.3 Å². The Morgan fingerprint density at radius 1 is 1.05 bits per heavy atom. The van der Waals surface area contributed by atoms with Crippen LogP contribution < -0.4 is 17.0 Å². The molecule has 0 radical (unpaired) electrons. The smallest absolute Gasteiger partial charge is 0.375 e. The Morgan fingerprint density at radius 3 is 2.52 bits per heavy atom. The average molecular weight is 322 g/mol. The number of benzene rings is 2. The van der Waals surface area contributed by atoms with Gasteiger partial charge in [0.05, 0.1) is 10.4 Å². The summed E-state index contributed by atoms with van der Waals surface area (Å²) in [5.41, 5.74) is 1.05. The molecule has 3 rings (SSSR count). The lowest BCUT2D eigenvalue weighted by Gasteiger charge is -2.08. The molecule has 2 aromatic carbocycles. The molecule has 0 saturated carbocycles. The predicted octanol–water partition coefficient (Wildman–Crippen LogP) is 1.44. The highest BCUT2D eigenvalue weighted by Gasteiger charge is 2.21. The fourth-order valence-corrected chi connectivity index (χ4v) is 2.96. The molecule has 1 aromatic heterocycles. The summed E-state index contributed by atoms with van der Waals surface area (Å²) in [6.07, 6.45) is 2.11. The van der Waals surface area contributed by atoms with Gasteiger partial charge < -0.3 is 17.5 Å². The molecule has 1 N–H and O–H groups in total. The molecule has 0 spiro atoms. The number of halogens is 2. The van der Waals surface area contributed by atoms with Crippen LogP contribution in [-0.2, 0) is 6.54 Å². The zero-order chi connectivity index (χ0) is 14.1. The second-order valence-electron chi connectivity index (χ2n) is 5.01. The third-order valence-corrected chi connectivity index (χ3v) is 4.03. The van der Waals surface area contributed by atoms with Gasteiger partial charge in [-0.25, -0.2) is 0 Å². The lowest BCUT2D eigenvalue weighted by molar-refractivity contribution is -0.676. The Balaban J connectivity index is 0.00000161. The Kier molecular flexibility index (Phi) is 4.92. The van der Waals surface area contributed by atoms with Crippen LogP contribution in [0, 0.1) is 0 Å². The summed E-state index contributed by atoms with van der Waals surface area (Å²) < 4.78 is 1.97. The zero-order valence-electron chi connectivity index (χ0n) is 11.8. The Hall–Kier alpha value is -1.51. The third-order valence-electron chi connectivity index (χ3n) is 3.71. The van der Waals surface area contributed by atoms with E-state index in [1.54, 1.807) is 0 Å². The SMILES string of the molecule is CCCC[n+]1c(O)c2c(Cl)cccc2c2ccccc21.[Cl-]. The van der Waals surface area contributed by atoms with Crippen LogP contribution in [0.5, 0.6) is 5.88 Å². The number of aromatic hydroxyl groups is 1. The number of pyridine rings is 1. The summed E-state index contributed by atoms with van der Waals surface area (Å²) in [7, 11) is 0. The first-order chi connectivity index (χ1) is 9.74. The number of hydrogen-bond donors (Lipinski definition) is 1. The summed E-state index contributed by atoms with van der Waals surface area (Å²) in [6, 6.07) is 13.9. The monoisotopic (exact) mass is 321 g/mol. The molecule has 0 aliphatic heterocycles. The maximum atomic E-state index is 10.6. The lowest BCUT2D eigenvalue weighted by atomic mass is 10.1. The number of aryl methyl sites for hydroxylation is 1. The molecule has 0 unspecified atom stereocenters. The van der Waals surface area contributed by atoms with E-state index in [1.807, 2.05) is 41.0 Å². The molecule has 2 nitrogen and oxygen atoms in total. The van der Waals surface area contributed by atoms with Crippen LogP contribution >= 0.6 is 11.6 Å². The van der Waals surface area contributed by atoms with Crippen LogP contribution in [0.15, 0.2) is 42.5 Å². The quantitative estimate of drug-likeness (QED) is 0.573. The minimum absolute atomic E-state index is 0. The number of fused-ring (bicyclic) bond motifs is 3. The standard InChI is InChI=1S/C17H16ClNO.ClH/c1-2-3-11-19-15-10-5-4-7-12(15)13-8-6-9-14(18)16(13)17(19)20;/h4-10H,2-3,11H2,1H3;1H. The van der Waals surface area contributed by atoms with Gasteiger partial charge >= 0.3 is 5.88 Å². The van der Waals surface area contributed by atoms with Crippen molar-refractivity contribution in [2.24, 2.45) is 0 Å². The minimum Gasteiger partial charge on any atom is -1.00 e. The second kappa shape index (κ2) is 6.50. The highest BCUT2D eigenvalue weighted by Crippen LogP contribution is 2.33. The van der Waals surface area contributed by atoms with Gasteiger partial charge in [0.1, 0.15) is 5.39 Å². The lowest BCUT2D eigenvalue weighted by Crippen LogP contribution is -3.00. The fourth-order valence-electron chi connectivity index (χ4n) is 2.70. The first kappa shape index (κ1) is 15.9. The van der Waals surface area contributed by atoms with Gasteiger partial charge in [0, 0.05) is 17.9 Å². The molecule has 1 heterocycles. The minimum atomic E-state index is 0. The number of nitrogens with zero attached hydrogens (tertiary/aromatic N) is 1. The van der Waals surface area contributed by atoms with Gasteiger partial charge in [0.15, 0.2) is 6.54 Å². The Morgan fingerprint density at radius 2 is 1.76 bits per heavy atom. The van der Waals surface area contributed by atoms with E-state index in [0.717, 1.165) is 41.1 Å². The van der Waals surface area contributed by atoms with E-state index in [0.29, 0.717) is 5.02 Å². The molecule has 0 amide bonds. The number of rotatable bonds is 3. The van der Waals surface area contributed by atoms with Crippen LogP contribution in [-0.4, -0.2) is 5.11 Å². The molecule has 110 valence electrons. The average Bonchev–Trinajstić information content (AvgIpc) is 2.47. The van der Waals surface area contributed by atoms with Crippen molar-refractivity contribution in [3.8, 4) is 5.88 Å². The Labute approximate surface area is 135 Å². The largest absolute Gasteiger partial charge is 1.00 e. The van der Waals surface area contributed by atoms with E-state index < -0.39 is 0 Å². The van der Waals surface area contributed by atoms with Gasteiger partial charge in [-0.05, 0) is 12.1 Å². The zero-order valence-corrected chi connectivity index (χ0v) is 13.3. The van der Waals surface area contributed by atoms with Crippen molar-refractivity contribution in [2.75, 3.05) is 0 Å². The summed E-state index contributed by atoms with van der Waals surface area (Å²) >= 11 is 6.30. The van der Waals surface area contributed by atoms with E-state index in [4.69, 9.17) is 11.6 Å². The van der Waals surface area contributed by atoms with Crippen LogP contribution in [0.3, 0.4) is 0 Å². The highest BCUT2D eigenvalue weighted by molar-refractivity contribution is 6.36. The van der Waals surface area contributed by atoms with Crippen molar-refractivity contribution >= 4 is 33.3 Å². The number of para-hydroxylation sites is 1. The number of unbranched alkanes of at least 4 members (excludes halogenated alkanes) is 1. The molecule has 0 atom stereocenters. The fraction of sp³-hybridized carbons (Fsp3) is 0.235. The molecule has 21 heavy (non-hydrogen) atoms. The molecule has 3 aromatic rings. The second-order valence-corrected chi connectivity index (χ2v) is 5.42. The third kappa shape index (κ3) is 2.66. The van der Waals surface area contributed by atoms with Crippen LogP contribution in [0.25, 0.3) is 21.7 Å². The molecular weight excluding hydrogens is 305 g/mol. The molecule has 0 fully saturated rings. The van der Waals surface area contributed by atoms with Crippen LogP contribution in [0.4, 0.5) is 0 Å². The molecule has 4 heteroatoms. The van der Waals surface area contributed by atoms with Crippen molar-refractivity contribution < 1.29 is 22.1 Å². The maximum absolute atomic E-state index is 10.6.